The number of amides is 1. The maximum Gasteiger partial charge on any atom is 0.252 e. The third kappa shape index (κ3) is 3.32. The number of nitrogens with one attached hydrogen (secondary N) is 1. The molecule has 0 spiro atoms. The number of halogens is 2. The van der Waals surface area contributed by atoms with Gasteiger partial charge in [0.15, 0.2) is 0 Å². The highest BCUT2D eigenvalue weighted by Gasteiger charge is 2.26. The van der Waals surface area contributed by atoms with Gasteiger partial charge in [0.05, 0.1) is 18.8 Å². The van der Waals surface area contributed by atoms with Crippen molar-refractivity contribution in [3.05, 3.63) is 33.5 Å². The van der Waals surface area contributed by atoms with E-state index in [1.807, 2.05) is 0 Å². The van der Waals surface area contributed by atoms with Gasteiger partial charge in [-0.15, -0.1) is 0 Å². The van der Waals surface area contributed by atoms with Gasteiger partial charge < -0.3 is 15.2 Å². The van der Waals surface area contributed by atoms with Gasteiger partial charge in [-0.1, -0.05) is 15.9 Å². The van der Waals surface area contributed by atoms with E-state index in [0.717, 1.165) is 0 Å². The lowest BCUT2D eigenvalue weighted by Gasteiger charge is -2.28. The Bertz CT molecular complexity index is 495. The van der Waals surface area contributed by atoms with E-state index < -0.39 is 11.9 Å². The molecule has 19 heavy (non-hydrogen) atoms. The molecule has 0 aromatic heterocycles. The van der Waals surface area contributed by atoms with Crippen LogP contribution in [0.25, 0.3) is 0 Å². The Morgan fingerprint density at radius 1 is 1.58 bits per heavy atom. The number of ether oxygens (including phenoxy) is 1. The van der Waals surface area contributed by atoms with E-state index in [0.29, 0.717) is 23.1 Å². The molecule has 1 saturated heterocycles. The minimum Gasteiger partial charge on any atom is -0.389 e. The number of hydrogen-bond acceptors (Lipinski definition) is 3. The van der Waals surface area contributed by atoms with E-state index in [1.165, 1.54) is 12.1 Å². The van der Waals surface area contributed by atoms with Gasteiger partial charge in [0.25, 0.3) is 5.91 Å². The van der Waals surface area contributed by atoms with Gasteiger partial charge in [-0.3, -0.25) is 4.79 Å². The van der Waals surface area contributed by atoms with E-state index in [-0.39, 0.29) is 24.1 Å². The summed E-state index contributed by atoms with van der Waals surface area (Å²) in [6.45, 7) is 2.43. The number of hydrogen-bond donors (Lipinski definition) is 2. The molecular weight excluding hydrogens is 317 g/mol. The summed E-state index contributed by atoms with van der Waals surface area (Å²) in [4.78, 5) is 12.1. The Balaban J connectivity index is 2.15. The van der Waals surface area contributed by atoms with Crippen molar-refractivity contribution in [2.45, 2.75) is 25.5 Å². The molecule has 1 aromatic carbocycles. The number of carbonyl (C=O) groups excluding carboxylic acids is 1. The molecular formula is C13H15BrFNO3. The second-order valence-electron chi connectivity index (χ2n) is 4.57. The van der Waals surface area contributed by atoms with Crippen LogP contribution < -0.4 is 5.32 Å². The SMILES string of the molecule is Cc1c(Br)cc(F)cc1C(=O)N[C@@H]1CCOC[C@H]1O. The molecule has 2 N–H and O–H groups in total. The topological polar surface area (TPSA) is 58.6 Å². The average molecular weight is 332 g/mol. The first-order chi connectivity index (χ1) is 8.99. The van der Waals surface area contributed by atoms with Crippen molar-refractivity contribution in [2.75, 3.05) is 13.2 Å². The van der Waals surface area contributed by atoms with Gasteiger partial charge in [0.2, 0.25) is 0 Å². The summed E-state index contributed by atoms with van der Waals surface area (Å²) in [5.74, 6) is -0.862. The molecule has 4 nitrogen and oxygen atoms in total. The van der Waals surface area contributed by atoms with Crippen molar-refractivity contribution in [3.63, 3.8) is 0 Å². The van der Waals surface area contributed by atoms with E-state index in [1.54, 1.807) is 6.92 Å². The normalized spacial score (nSPS) is 23.2. The summed E-state index contributed by atoms with van der Waals surface area (Å²) >= 11 is 3.21. The van der Waals surface area contributed by atoms with Crippen LogP contribution in [-0.2, 0) is 4.74 Å². The van der Waals surface area contributed by atoms with E-state index in [2.05, 4.69) is 21.2 Å². The highest BCUT2D eigenvalue weighted by atomic mass is 79.9. The first-order valence-electron chi connectivity index (χ1n) is 6.01. The number of rotatable bonds is 2. The number of aliphatic hydroxyl groups is 1. The Labute approximate surface area is 119 Å². The molecule has 6 heteroatoms. The third-order valence-corrected chi connectivity index (χ3v) is 4.02. The molecule has 2 atom stereocenters. The van der Waals surface area contributed by atoms with Crippen LogP contribution in [0.2, 0.25) is 0 Å². The molecule has 0 radical (unpaired) electrons. The molecule has 104 valence electrons. The molecule has 1 aliphatic heterocycles. The molecule has 1 aliphatic rings. The van der Waals surface area contributed by atoms with Gasteiger partial charge in [-0.05, 0) is 31.0 Å². The lowest BCUT2D eigenvalue weighted by Crippen LogP contribution is -2.48. The van der Waals surface area contributed by atoms with Crippen molar-refractivity contribution < 1.29 is 19.0 Å². The molecule has 2 rings (SSSR count). The summed E-state index contributed by atoms with van der Waals surface area (Å²) in [6, 6.07) is 2.15. The minimum absolute atomic E-state index is 0.205. The highest BCUT2D eigenvalue weighted by Crippen LogP contribution is 2.22. The second kappa shape index (κ2) is 5.98. The Morgan fingerprint density at radius 2 is 2.32 bits per heavy atom. The first kappa shape index (κ1) is 14.4. The van der Waals surface area contributed by atoms with Crippen molar-refractivity contribution >= 4 is 21.8 Å². The number of aliphatic hydroxyl groups excluding tert-OH is 1. The Morgan fingerprint density at radius 3 is 3.00 bits per heavy atom. The van der Waals surface area contributed by atoms with E-state index >= 15 is 0 Å². The summed E-state index contributed by atoms with van der Waals surface area (Å²) in [5.41, 5.74) is 0.936. The predicted octanol–water partition coefficient (Wildman–Crippen LogP) is 1.78. The lowest BCUT2D eigenvalue weighted by molar-refractivity contribution is -0.0260. The van der Waals surface area contributed by atoms with Gasteiger partial charge in [-0.25, -0.2) is 4.39 Å². The average Bonchev–Trinajstić information content (AvgIpc) is 2.36. The van der Waals surface area contributed by atoms with Crippen LogP contribution in [0.4, 0.5) is 4.39 Å². The maximum atomic E-state index is 13.3. The van der Waals surface area contributed by atoms with Gasteiger partial charge in [0, 0.05) is 16.6 Å². The predicted molar refractivity (Wildman–Crippen MR) is 71.5 cm³/mol. The fourth-order valence-corrected chi connectivity index (χ4v) is 2.45. The van der Waals surface area contributed by atoms with Crippen LogP contribution in [0.1, 0.15) is 22.3 Å². The summed E-state index contributed by atoms with van der Waals surface area (Å²) in [5, 5.41) is 12.4. The zero-order chi connectivity index (χ0) is 14.0. The minimum atomic E-state index is -0.727. The third-order valence-electron chi connectivity index (χ3n) is 3.20. The molecule has 0 aliphatic carbocycles. The van der Waals surface area contributed by atoms with Crippen LogP contribution in [0.5, 0.6) is 0 Å². The van der Waals surface area contributed by atoms with E-state index in [9.17, 15) is 14.3 Å². The monoisotopic (exact) mass is 331 g/mol. The molecule has 1 amide bonds. The van der Waals surface area contributed by atoms with Crippen molar-refractivity contribution in [1.29, 1.82) is 0 Å². The zero-order valence-corrected chi connectivity index (χ0v) is 12.0. The van der Waals surface area contributed by atoms with Gasteiger partial charge in [-0.2, -0.15) is 0 Å². The highest BCUT2D eigenvalue weighted by molar-refractivity contribution is 9.10. The summed E-state index contributed by atoms with van der Waals surface area (Å²) < 4.78 is 19.0. The van der Waals surface area contributed by atoms with Crippen LogP contribution in [0, 0.1) is 12.7 Å². The molecule has 0 unspecified atom stereocenters. The van der Waals surface area contributed by atoms with E-state index in [4.69, 9.17) is 4.74 Å². The van der Waals surface area contributed by atoms with Crippen molar-refractivity contribution in [2.24, 2.45) is 0 Å². The first-order valence-corrected chi connectivity index (χ1v) is 6.80. The van der Waals surface area contributed by atoms with Crippen LogP contribution in [0.3, 0.4) is 0 Å². The van der Waals surface area contributed by atoms with Gasteiger partial charge >= 0.3 is 0 Å². The quantitative estimate of drug-likeness (QED) is 0.868. The Hall–Kier alpha value is -0.980. The molecule has 1 heterocycles. The number of carbonyl (C=O) groups is 1. The number of benzene rings is 1. The standard InChI is InChI=1S/C13H15BrFNO3/c1-7-9(4-8(15)5-10(7)14)13(18)16-11-2-3-19-6-12(11)17/h4-5,11-12,17H,2-3,6H2,1H3,(H,16,18)/t11-,12-/m1/s1. The van der Waals surface area contributed by atoms with Gasteiger partial charge in [0.1, 0.15) is 5.82 Å². The summed E-state index contributed by atoms with van der Waals surface area (Å²) in [7, 11) is 0. The largest absolute Gasteiger partial charge is 0.389 e. The smallest absolute Gasteiger partial charge is 0.252 e. The maximum absolute atomic E-state index is 13.3. The molecule has 0 saturated carbocycles. The Kier molecular flexibility index (Phi) is 4.54. The fourth-order valence-electron chi connectivity index (χ4n) is 2.02. The van der Waals surface area contributed by atoms with Crippen molar-refractivity contribution in [1.82, 2.24) is 5.32 Å². The summed E-state index contributed by atoms with van der Waals surface area (Å²) in [6.07, 6.45) is -0.183. The molecule has 1 aromatic rings. The van der Waals surface area contributed by atoms with Crippen LogP contribution in [-0.4, -0.2) is 36.4 Å². The molecule has 1 fully saturated rings. The van der Waals surface area contributed by atoms with Crippen LogP contribution >= 0.6 is 15.9 Å². The lowest BCUT2D eigenvalue weighted by atomic mass is 10.0. The molecule has 0 bridgehead atoms. The van der Waals surface area contributed by atoms with Crippen molar-refractivity contribution in [3.8, 4) is 0 Å². The second-order valence-corrected chi connectivity index (χ2v) is 5.43. The fraction of sp³-hybridized carbons (Fsp3) is 0.462. The van der Waals surface area contributed by atoms with Crippen LogP contribution in [0.15, 0.2) is 16.6 Å². The zero-order valence-electron chi connectivity index (χ0n) is 10.5.